The van der Waals surface area contributed by atoms with E-state index < -0.39 is 0 Å². The molecule has 10 aliphatic heterocycles. The van der Waals surface area contributed by atoms with Crippen LogP contribution in [0.2, 0.25) is 0 Å². The number of rotatable bonds is 2. The van der Waals surface area contributed by atoms with E-state index in [9.17, 15) is 0 Å². The molecule has 0 N–H and O–H groups in total. The number of pyridine rings is 8. The molecule has 0 amide bonds. The van der Waals surface area contributed by atoms with E-state index in [2.05, 4.69) is 256 Å². The first-order valence-corrected chi connectivity index (χ1v) is 44.3. The summed E-state index contributed by atoms with van der Waals surface area (Å²) in [4.78, 5) is 22.7. The van der Waals surface area contributed by atoms with Crippen molar-refractivity contribution in [3.8, 4) is 11.1 Å². The van der Waals surface area contributed by atoms with E-state index in [1.54, 1.807) is 0 Å². The van der Waals surface area contributed by atoms with Crippen LogP contribution in [0, 0.1) is 67.3 Å². The molecular weight excluding hydrogens is 1710 g/mol. The molecule has 22 aromatic rings. The Morgan fingerprint density at radius 3 is 1.54 bits per heavy atom. The van der Waals surface area contributed by atoms with E-state index in [0.717, 1.165) is 113 Å². The van der Waals surface area contributed by atoms with E-state index in [1.165, 1.54) is 249 Å². The zero-order valence-electron chi connectivity index (χ0n) is 71.2. The molecule has 0 bridgehead atoms. The zero-order chi connectivity index (χ0) is 82.2. The van der Waals surface area contributed by atoms with Gasteiger partial charge in [0, 0.05) is 172 Å². The van der Waals surface area contributed by atoms with Gasteiger partial charge in [-0.15, -0.1) is 35.3 Å². The molecule has 9 aromatic carbocycles. The maximum atomic E-state index is 4.83. The Morgan fingerprint density at radius 2 is 0.912 bits per heavy atom. The van der Waals surface area contributed by atoms with Crippen molar-refractivity contribution < 1.29 is 37.7 Å². The molecule has 0 radical (unpaired) electrons. The summed E-state index contributed by atoms with van der Waals surface area (Å²) in [6.45, 7) is 21.6. The van der Waals surface area contributed by atoms with Gasteiger partial charge < -0.3 is 14.2 Å². The number of aryl methyl sites for hydroxylation is 13. The van der Waals surface area contributed by atoms with Gasteiger partial charge >= 0.3 is 20.1 Å². The van der Waals surface area contributed by atoms with Gasteiger partial charge in [-0.3, -0.25) is 19.9 Å². The Labute approximate surface area is 734 Å². The molecule has 0 unspecified atom stereocenters. The maximum Gasteiger partial charge on any atom is 3.00 e. The first-order chi connectivity index (χ1) is 60.9. The van der Waals surface area contributed by atoms with Crippen molar-refractivity contribution in [2.24, 2.45) is 0 Å². The Morgan fingerprint density at radius 1 is 0.392 bits per heavy atom. The van der Waals surface area contributed by atoms with Crippen LogP contribution in [-0.2, 0) is 110 Å². The molecule has 604 valence electrons. The number of aromatic nitrogens is 13. The van der Waals surface area contributed by atoms with E-state index in [-0.39, 0.29) is 20.1 Å². The second kappa shape index (κ2) is 26.7. The van der Waals surface area contributed by atoms with Crippen molar-refractivity contribution >= 4 is 142 Å². The first kappa shape index (κ1) is 73.0. The number of para-hydroxylation sites is 6. The topological polar surface area (TPSA) is 98.6 Å². The van der Waals surface area contributed by atoms with Crippen LogP contribution in [0.4, 0.5) is 5.69 Å². The Bertz CT molecular complexity index is 8280. The first-order valence-electron chi connectivity index (χ1n) is 44.3. The van der Waals surface area contributed by atoms with Crippen LogP contribution in [-0.4, -0.2) is 54.6 Å². The predicted octanol–water partition coefficient (Wildman–Crippen LogP) is 19.4. The van der Waals surface area contributed by atoms with Crippen LogP contribution in [0.15, 0.2) is 213 Å². The van der Waals surface area contributed by atoms with Gasteiger partial charge in [0.1, 0.15) is 71.0 Å². The predicted molar refractivity (Wildman–Crippen MR) is 494 cm³/mol. The molecule has 15 nitrogen and oxygen atoms in total. The van der Waals surface area contributed by atoms with Crippen molar-refractivity contribution in [1.29, 1.82) is 0 Å². The van der Waals surface area contributed by atoms with Gasteiger partial charge in [0.05, 0.1) is 38.4 Å². The van der Waals surface area contributed by atoms with Crippen LogP contribution in [0.3, 0.4) is 0 Å². The van der Waals surface area contributed by atoms with Crippen molar-refractivity contribution in [3.63, 3.8) is 0 Å². The molecule has 10 aliphatic rings. The van der Waals surface area contributed by atoms with Crippen molar-refractivity contribution in [2.75, 3.05) is 11.9 Å². The number of anilines is 1. The minimum atomic E-state index is 0. The molecule has 0 atom stereocenters. The molecule has 13 aromatic heterocycles. The van der Waals surface area contributed by atoms with E-state index in [4.69, 9.17) is 9.97 Å². The van der Waals surface area contributed by atoms with Crippen LogP contribution in [0.25, 0.3) is 148 Å². The Kier molecular flexibility index (Phi) is 15.6. The van der Waals surface area contributed by atoms with Gasteiger partial charge in [0.25, 0.3) is 22.6 Å². The fraction of sp³-hybridized carbons (Fsp3) is 0.202. The van der Waals surface area contributed by atoms with Gasteiger partial charge in [-0.05, 0) is 148 Å². The van der Waals surface area contributed by atoms with E-state index in [1.807, 2.05) is 91.0 Å². The van der Waals surface area contributed by atoms with Crippen molar-refractivity contribution in [2.45, 2.75) is 139 Å². The molecule has 0 fully saturated rings. The van der Waals surface area contributed by atoms with Crippen molar-refractivity contribution in [3.05, 3.63) is 350 Å². The third-order valence-corrected chi connectivity index (χ3v) is 29.8. The summed E-state index contributed by atoms with van der Waals surface area (Å²) in [5, 5.41) is 18.8. The van der Waals surface area contributed by atoms with Gasteiger partial charge in [0.15, 0.2) is 22.8 Å². The largest absolute Gasteiger partial charge is 3.00 e. The normalized spacial score (nSPS) is 14.8. The third kappa shape index (κ3) is 9.95. The van der Waals surface area contributed by atoms with E-state index >= 15 is 0 Å². The number of imidazole rings is 5. The minimum absolute atomic E-state index is 0. The number of hydrogen-bond donors (Lipinski definition) is 0. The summed E-state index contributed by atoms with van der Waals surface area (Å²) < 4.78 is 22.5. The average Bonchev–Trinajstić information content (AvgIpc) is 1.53. The second-order valence-electron chi connectivity index (χ2n) is 36.1. The fourth-order valence-electron chi connectivity index (χ4n) is 24.3. The molecule has 32 rings (SSSR count). The molecular formula is C109H88IrN15+4. The molecule has 0 aliphatic carbocycles. The molecule has 125 heavy (non-hydrogen) atoms. The summed E-state index contributed by atoms with van der Waals surface area (Å²) in [6.07, 6.45) is 23.4. The van der Waals surface area contributed by atoms with Gasteiger partial charge in [-0.1, -0.05) is 102 Å². The smallest absolute Gasteiger partial charge is 0.510 e. The second-order valence-corrected chi connectivity index (χ2v) is 36.1. The fourth-order valence-corrected chi connectivity index (χ4v) is 24.3. The molecule has 0 saturated heterocycles. The zero-order valence-corrected chi connectivity index (χ0v) is 73.6. The number of fused-ring (bicyclic) bond motifs is 7. The number of hydrogen-bond acceptors (Lipinski definition) is 6. The van der Waals surface area contributed by atoms with Gasteiger partial charge in [-0.25, -0.2) is 18.3 Å². The maximum absolute atomic E-state index is 4.83. The number of benzene rings is 9. The molecule has 23 heterocycles. The van der Waals surface area contributed by atoms with Crippen molar-refractivity contribution in [1.82, 2.24) is 47.5 Å². The summed E-state index contributed by atoms with van der Waals surface area (Å²) >= 11 is 0. The van der Waals surface area contributed by atoms with Crippen LogP contribution in [0.5, 0.6) is 0 Å². The third-order valence-electron chi connectivity index (χ3n) is 29.8. The van der Waals surface area contributed by atoms with Crippen LogP contribution in [0.1, 0.15) is 118 Å². The standard InChI is InChI=1S/C27H23N2.3C18H14N3.C18H13N2.C10H10N2.Ir/c1-15-6-4-7-16(2)24(15)19-12-20-14-28-17(3)23-11-10-18-8-5-9-21-22(13-19)25(20)27(28)29(23)26(18)21;1-10-15-6-5-11-3-2-4-13-14-8-19-7-12-9-20(10)18(16(12)14)21(15)17(11)13;1-10-15-6-5-11-3-2-4-13-12-7-8-19-14-9-20(10)18(16(12)14)21(15)17(11)13;1-10-14-6-5-11-3-2-4-13-16-15-12(7-8-19-16)9-20(10)18(15)21(14)17(11)13;1-11-16-10-9-12-5-4-8-14-13-6-2-3-7-15(13)18(19-11)20(16)17(12)14;1-11-7-8-12(9-11)10-5-3-2-4-6-10;/h4-9,12-13H,10-11,14H2,1-3H3;3*2-4,7-8H,5-6,9H2,1H3;2-6,8H,9-10H2,1H3;2-5,7-9H,1H3;/q4*+1;-1;-2;+3. The molecule has 16 heteroatoms. The Balaban J connectivity index is 0.0000000810. The van der Waals surface area contributed by atoms with Crippen LogP contribution < -0.4 is 22.5 Å². The van der Waals surface area contributed by atoms with Crippen LogP contribution >= 0.6 is 0 Å². The van der Waals surface area contributed by atoms with Gasteiger partial charge in [0.2, 0.25) is 0 Å². The quantitative estimate of drug-likeness (QED) is 0.0971. The summed E-state index contributed by atoms with van der Waals surface area (Å²) in [7, 11) is 2.00. The summed E-state index contributed by atoms with van der Waals surface area (Å²) in [5.41, 5.74) is 48.3. The molecule has 0 spiro atoms. The summed E-state index contributed by atoms with van der Waals surface area (Å²) in [5.74, 6) is 0. The Hall–Kier alpha value is -13.5. The van der Waals surface area contributed by atoms with E-state index in [0.29, 0.717) is 0 Å². The van der Waals surface area contributed by atoms with Gasteiger partial charge in [-0.2, -0.15) is 54.6 Å². The SMILES string of the molecule is CN1C=CN(c2[c-]cccc2)[CH-]1.Cc1c2[n+]3c4c(cccc4c4ccnc5c4c3n1C5)CC2.Cc1c2[n+]3c4c(cccc4c4cncc5c4c3n1C5)CC2.Cc1c2[n+]3c4c(cccc4c4nccc5c4c3n1C5)CC2.Cc1cccc(C)c1-c1cc2c3c(c1)c1cccc4c1[n+]1c(c(C)n(c31)C2)CC4.Cc1nc2c3[c-]cccc3c3cccc4c3n2c1CC4.[Ir+3]. The monoisotopic (exact) mass is 1800 g/mol. The summed E-state index contributed by atoms with van der Waals surface area (Å²) in [6, 6.07) is 70.3. The average molecular weight is 1800 g/mol. The number of nitrogens with zero attached hydrogens (tertiary/aromatic N) is 15. The minimum Gasteiger partial charge on any atom is -0.510 e. The molecule has 0 saturated carbocycles.